The van der Waals surface area contributed by atoms with Crippen LogP contribution >= 0.6 is 0 Å². The lowest BCUT2D eigenvalue weighted by atomic mass is 9.72. The number of ketones is 1. The van der Waals surface area contributed by atoms with E-state index in [0.717, 1.165) is 31.6 Å². The molecule has 0 aliphatic carbocycles. The van der Waals surface area contributed by atoms with Crippen LogP contribution in [0.1, 0.15) is 26.2 Å². The molecule has 2 aliphatic rings. The number of carboxylic acid groups (broad SMARTS) is 1. The molecule has 1 aromatic heterocycles. The Hall–Kier alpha value is -1.99. The average Bonchev–Trinajstić information content (AvgIpc) is 2.70. The van der Waals surface area contributed by atoms with E-state index in [2.05, 4.69) is 15.2 Å². The Morgan fingerprint density at radius 2 is 1.81 bits per heavy atom. The fourth-order valence-electron chi connectivity index (χ4n) is 4.47. The maximum atomic E-state index is 13.0. The molecule has 142 valence electrons. The van der Waals surface area contributed by atoms with Gasteiger partial charge in [-0.3, -0.25) is 14.7 Å². The van der Waals surface area contributed by atoms with Gasteiger partial charge in [0.25, 0.3) is 0 Å². The topological polar surface area (TPSA) is 85.8 Å². The van der Waals surface area contributed by atoms with Gasteiger partial charge in [-0.15, -0.1) is 0 Å². The summed E-state index contributed by atoms with van der Waals surface area (Å²) in [6, 6.07) is 3.92. The lowest BCUT2D eigenvalue weighted by Crippen LogP contribution is -2.69. The van der Waals surface area contributed by atoms with E-state index in [4.69, 9.17) is 0 Å². The maximum Gasteiger partial charge on any atom is 0.332 e. The van der Waals surface area contributed by atoms with Gasteiger partial charge in [0, 0.05) is 50.7 Å². The van der Waals surface area contributed by atoms with Crippen LogP contribution in [0.2, 0.25) is 0 Å². The molecule has 0 bridgehead atoms. The molecule has 0 saturated carbocycles. The van der Waals surface area contributed by atoms with Gasteiger partial charge in [0.2, 0.25) is 0 Å². The third-order valence-electron chi connectivity index (χ3n) is 5.81. The van der Waals surface area contributed by atoms with Crippen LogP contribution in [-0.4, -0.2) is 71.6 Å². The molecule has 26 heavy (non-hydrogen) atoms. The van der Waals surface area contributed by atoms with Crippen molar-refractivity contribution in [2.24, 2.45) is 5.92 Å². The molecular weight excluding hydrogens is 332 g/mol. The lowest BCUT2D eigenvalue weighted by Gasteiger charge is -2.49. The minimum atomic E-state index is -1.39. The van der Waals surface area contributed by atoms with Crippen LogP contribution in [0, 0.1) is 5.92 Å². The van der Waals surface area contributed by atoms with Crippen LogP contribution < -0.4 is 10.2 Å². The second-order valence-corrected chi connectivity index (χ2v) is 7.05. The van der Waals surface area contributed by atoms with E-state index in [-0.39, 0.29) is 18.1 Å². The molecule has 0 radical (unpaired) electrons. The Balaban J connectivity index is 1.83. The Morgan fingerprint density at radius 1 is 1.19 bits per heavy atom. The molecule has 7 heteroatoms. The highest BCUT2D eigenvalue weighted by Crippen LogP contribution is 2.35. The summed E-state index contributed by atoms with van der Waals surface area (Å²) in [4.78, 5) is 33.6. The van der Waals surface area contributed by atoms with Gasteiger partial charge in [-0.25, -0.2) is 4.79 Å². The van der Waals surface area contributed by atoms with Crippen molar-refractivity contribution in [3.8, 4) is 0 Å². The highest BCUT2D eigenvalue weighted by Gasteiger charge is 2.55. The fourth-order valence-corrected chi connectivity index (χ4v) is 4.47. The summed E-state index contributed by atoms with van der Waals surface area (Å²) < 4.78 is 0. The lowest BCUT2D eigenvalue weighted by molar-refractivity contribution is -0.164. The first-order valence-corrected chi connectivity index (χ1v) is 9.48. The van der Waals surface area contributed by atoms with E-state index < -0.39 is 11.5 Å². The van der Waals surface area contributed by atoms with E-state index in [1.165, 1.54) is 0 Å². The minimum absolute atomic E-state index is 0.138. The Morgan fingerprint density at radius 3 is 2.35 bits per heavy atom. The second kappa shape index (κ2) is 8.14. The van der Waals surface area contributed by atoms with Crippen molar-refractivity contribution < 1.29 is 14.7 Å². The van der Waals surface area contributed by atoms with Crippen molar-refractivity contribution in [1.82, 2.24) is 15.2 Å². The summed E-state index contributed by atoms with van der Waals surface area (Å²) >= 11 is 0. The van der Waals surface area contributed by atoms with E-state index in [1.54, 1.807) is 19.3 Å². The van der Waals surface area contributed by atoms with Crippen molar-refractivity contribution in [2.75, 3.05) is 44.2 Å². The maximum absolute atomic E-state index is 13.0. The molecule has 3 rings (SSSR count). The zero-order chi connectivity index (χ0) is 18.6. The number of piperidine rings is 1. The van der Waals surface area contributed by atoms with Crippen LogP contribution in [0.15, 0.2) is 24.5 Å². The van der Waals surface area contributed by atoms with Crippen LogP contribution in [0.5, 0.6) is 0 Å². The van der Waals surface area contributed by atoms with Gasteiger partial charge in [0.15, 0.2) is 11.3 Å². The van der Waals surface area contributed by atoms with Gasteiger partial charge in [0.05, 0.1) is 0 Å². The molecule has 2 N–H and O–H groups in total. The van der Waals surface area contributed by atoms with Crippen LogP contribution in [-0.2, 0) is 9.59 Å². The van der Waals surface area contributed by atoms with E-state index in [1.807, 2.05) is 17.0 Å². The van der Waals surface area contributed by atoms with E-state index in [0.29, 0.717) is 26.2 Å². The van der Waals surface area contributed by atoms with Crippen molar-refractivity contribution in [1.29, 1.82) is 0 Å². The second-order valence-electron chi connectivity index (χ2n) is 7.05. The first-order valence-electron chi connectivity index (χ1n) is 9.48. The zero-order valence-electron chi connectivity index (χ0n) is 15.4. The molecule has 0 spiro atoms. The number of carbonyl (C=O) groups is 2. The molecule has 1 aromatic rings. The van der Waals surface area contributed by atoms with Crippen molar-refractivity contribution in [3.05, 3.63) is 24.5 Å². The van der Waals surface area contributed by atoms with Crippen molar-refractivity contribution in [3.63, 3.8) is 0 Å². The van der Waals surface area contributed by atoms with Gasteiger partial charge >= 0.3 is 5.97 Å². The standard InChI is InChI=1S/C19H28N4O3/c1-2-17(24)19(18(25)26,15-3-7-20-8-4-15)23-13-11-22(12-14-23)16-5-9-21-10-6-16/h5-6,9-10,15,20H,2-4,7-8,11-14H2,1H3,(H,25,26). The number of carbonyl (C=O) groups excluding carboxylic acids is 1. The number of Topliss-reactive ketones (excluding diaryl/α,β-unsaturated/α-hetero) is 1. The number of piperazine rings is 1. The summed E-state index contributed by atoms with van der Waals surface area (Å²) in [7, 11) is 0. The zero-order valence-corrected chi connectivity index (χ0v) is 15.4. The van der Waals surface area contributed by atoms with Gasteiger partial charge < -0.3 is 15.3 Å². The average molecular weight is 360 g/mol. The van der Waals surface area contributed by atoms with Crippen LogP contribution in [0.25, 0.3) is 0 Å². The third kappa shape index (κ3) is 3.33. The van der Waals surface area contributed by atoms with Crippen LogP contribution in [0.3, 0.4) is 0 Å². The van der Waals surface area contributed by atoms with E-state index in [9.17, 15) is 14.7 Å². The van der Waals surface area contributed by atoms with Gasteiger partial charge in [-0.2, -0.15) is 0 Å². The number of nitrogens with zero attached hydrogens (tertiary/aromatic N) is 3. The molecule has 3 heterocycles. The summed E-state index contributed by atoms with van der Waals surface area (Å²) in [5.74, 6) is -1.27. The number of pyridine rings is 1. The summed E-state index contributed by atoms with van der Waals surface area (Å²) in [5, 5.41) is 13.5. The predicted molar refractivity (Wildman–Crippen MR) is 99.3 cm³/mol. The number of aliphatic carboxylic acids is 1. The summed E-state index contributed by atoms with van der Waals surface area (Å²) in [6.45, 7) is 5.88. The van der Waals surface area contributed by atoms with Crippen LogP contribution in [0.4, 0.5) is 5.69 Å². The number of hydrogen-bond acceptors (Lipinski definition) is 6. The third-order valence-corrected chi connectivity index (χ3v) is 5.81. The van der Waals surface area contributed by atoms with Crippen molar-refractivity contribution >= 4 is 17.4 Å². The largest absolute Gasteiger partial charge is 0.480 e. The highest BCUT2D eigenvalue weighted by molar-refractivity contribution is 6.08. The van der Waals surface area contributed by atoms with Crippen molar-refractivity contribution in [2.45, 2.75) is 31.7 Å². The first kappa shape index (κ1) is 18.8. The fraction of sp³-hybridized carbons (Fsp3) is 0.632. The number of anilines is 1. The van der Waals surface area contributed by atoms with Gasteiger partial charge in [-0.1, -0.05) is 6.92 Å². The first-order chi connectivity index (χ1) is 12.6. The Kier molecular flexibility index (Phi) is 5.88. The quantitative estimate of drug-likeness (QED) is 0.732. The predicted octanol–water partition coefficient (Wildman–Crippen LogP) is 1.01. The molecule has 0 aromatic carbocycles. The number of nitrogens with one attached hydrogen (secondary N) is 1. The molecule has 1 unspecified atom stereocenters. The molecule has 7 nitrogen and oxygen atoms in total. The molecule has 2 fully saturated rings. The summed E-state index contributed by atoms with van der Waals surface area (Å²) in [6.07, 6.45) is 5.23. The number of aromatic nitrogens is 1. The molecule has 2 aliphatic heterocycles. The SMILES string of the molecule is CCC(=O)C(C(=O)O)(C1CCNCC1)N1CCN(c2ccncc2)CC1. The van der Waals surface area contributed by atoms with E-state index >= 15 is 0 Å². The molecule has 1 atom stereocenters. The van der Waals surface area contributed by atoms with Gasteiger partial charge in [-0.05, 0) is 44.0 Å². The molecule has 2 saturated heterocycles. The molecular formula is C19H28N4O3. The number of carboxylic acids is 1. The number of rotatable bonds is 6. The normalized spacial score (nSPS) is 22.0. The minimum Gasteiger partial charge on any atom is -0.480 e. The monoisotopic (exact) mass is 360 g/mol. The van der Waals surface area contributed by atoms with Gasteiger partial charge in [0.1, 0.15) is 0 Å². The Bertz CT molecular complexity index is 625. The summed E-state index contributed by atoms with van der Waals surface area (Å²) in [5.41, 5.74) is -0.300. The highest BCUT2D eigenvalue weighted by atomic mass is 16.4. The number of hydrogen-bond donors (Lipinski definition) is 2. The molecule has 0 amide bonds. The Labute approximate surface area is 154 Å². The smallest absolute Gasteiger partial charge is 0.332 e.